The van der Waals surface area contributed by atoms with Gasteiger partial charge in [-0.25, -0.2) is 12.7 Å². The lowest BCUT2D eigenvalue weighted by Crippen LogP contribution is -2.38. The van der Waals surface area contributed by atoms with E-state index in [9.17, 15) is 8.42 Å². The molecule has 0 saturated heterocycles. The first-order valence-corrected chi connectivity index (χ1v) is 10.7. The van der Waals surface area contributed by atoms with Crippen molar-refractivity contribution in [1.82, 2.24) is 14.5 Å². The largest absolute Gasteiger partial charge is 0.357 e. The summed E-state index contributed by atoms with van der Waals surface area (Å²) in [6, 6.07) is 7.75. The van der Waals surface area contributed by atoms with Gasteiger partial charge in [-0.05, 0) is 31.0 Å². The molecule has 26 heavy (non-hydrogen) atoms. The van der Waals surface area contributed by atoms with Gasteiger partial charge in [-0.15, -0.1) is 24.0 Å². The van der Waals surface area contributed by atoms with Gasteiger partial charge in [-0.2, -0.15) is 0 Å². The summed E-state index contributed by atoms with van der Waals surface area (Å²) in [5.41, 5.74) is 1.11. The lowest BCUT2D eigenvalue weighted by Gasteiger charge is -2.22. The maximum absolute atomic E-state index is 11.6. The number of guanidine groups is 1. The molecule has 0 atom stereocenters. The molecular formula is C17H30ClIN4O2S. The molecule has 1 rings (SSSR count). The highest BCUT2D eigenvalue weighted by Crippen LogP contribution is 2.12. The molecule has 0 bridgehead atoms. The van der Waals surface area contributed by atoms with Crippen LogP contribution >= 0.6 is 35.6 Å². The van der Waals surface area contributed by atoms with Gasteiger partial charge in [0, 0.05) is 44.8 Å². The highest BCUT2D eigenvalue weighted by atomic mass is 127. The molecule has 0 saturated carbocycles. The maximum atomic E-state index is 11.6. The lowest BCUT2D eigenvalue weighted by molar-refractivity contribution is 0.425. The number of nitrogens with zero attached hydrogens (tertiary/aromatic N) is 3. The highest BCUT2D eigenvalue weighted by molar-refractivity contribution is 14.0. The Bertz CT molecular complexity index is 670. The van der Waals surface area contributed by atoms with Crippen molar-refractivity contribution in [2.75, 3.05) is 39.5 Å². The maximum Gasteiger partial charge on any atom is 0.211 e. The zero-order valence-electron chi connectivity index (χ0n) is 15.9. The summed E-state index contributed by atoms with van der Waals surface area (Å²) in [5, 5.41) is 3.98. The molecule has 9 heteroatoms. The average molecular weight is 517 g/mol. The van der Waals surface area contributed by atoms with E-state index in [0.29, 0.717) is 37.6 Å². The van der Waals surface area contributed by atoms with Crippen LogP contribution < -0.4 is 5.32 Å². The Kier molecular flexibility index (Phi) is 12.5. The molecule has 0 unspecified atom stereocenters. The molecule has 0 radical (unpaired) electrons. The van der Waals surface area contributed by atoms with E-state index in [4.69, 9.17) is 11.6 Å². The molecule has 1 N–H and O–H groups in total. The Labute approximate surface area is 180 Å². The minimum absolute atomic E-state index is 0. The third-order valence-corrected chi connectivity index (χ3v) is 5.27. The zero-order valence-corrected chi connectivity index (χ0v) is 19.8. The fraction of sp³-hybridized carbons (Fsp3) is 0.588. The van der Waals surface area contributed by atoms with Crippen LogP contribution in [0, 0.1) is 0 Å². The summed E-state index contributed by atoms with van der Waals surface area (Å²) < 4.78 is 24.6. The van der Waals surface area contributed by atoms with Crippen molar-refractivity contribution in [3.05, 3.63) is 34.9 Å². The van der Waals surface area contributed by atoms with Gasteiger partial charge in [0.1, 0.15) is 0 Å². The Morgan fingerprint density at radius 3 is 2.54 bits per heavy atom. The minimum atomic E-state index is -3.14. The predicted octanol–water partition coefficient (Wildman–Crippen LogP) is 3.03. The number of halogens is 2. The van der Waals surface area contributed by atoms with Crippen LogP contribution in [-0.2, 0) is 16.6 Å². The van der Waals surface area contributed by atoms with Crippen molar-refractivity contribution < 1.29 is 8.42 Å². The number of nitrogens with one attached hydrogen (secondary N) is 1. The van der Waals surface area contributed by atoms with E-state index in [2.05, 4.69) is 10.3 Å². The summed E-state index contributed by atoms with van der Waals surface area (Å²) in [4.78, 5) is 6.63. The zero-order chi connectivity index (χ0) is 18.9. The third kappa shape index (κ3) is 9.38. The number of benzene rings is 1. The Balaban J connectivity index is 0.00000625. The summed E-state index contributed by atoms with van der Waals surface area (Å²) >= 11 is 6.03. The molecule has 0 spiro atoms. The third-order valence-electron chi connectivity index (χ3n) is 3.65. The molecular weight excluding hydrogens is 487 g/mol. The summed E-state index contributed by atoms with van der Waals surface area (Å²) in [6.07, 6.45) is 1.92. The van der Waals surface area contributed by atoms with E-state index in [-0.39, 0.29) is 24.0 Å². The molecule has 0 amide bonds. The van der Waals surface area contributed by atoms with Crippen LogP contribution in [-0.4, -0.2) is 63.1 Å². The molecule has 1 aromatic rings. The Morgan fingerprint density at radius 2 is 2.00 bits per heavy atom. The van der Waals surface area contributed by atoms with Gasteiger partial charge in [-0.1, -0.05) is 30.7 Å². The lowest BCUT2D eigenvalue weighted by atomic mass is 10.2. The molecule has 0 fully saturated rings. The van der Waals surface area contributed by atoms with Gasteiger partial charge in [0.25, 0.3) is 0 Å². The molecule has 0 aliphatic carbocycles. The second kappa shape index (κ2) is 12.7. The van der Waals surface area contributed by atoms with E-state index in [1.807, 2.05) is 50.1 Å². The normalized spacial score (nSPS) is 12.0. The van der Waals surface area contributed by atoms with Crippen LogP contribution in [0.3, 0.4) is 0 Å². The van der Waals surface area contributed by atoms with E-state index in [0.717, 1.165) is 18.1 Å². The molecule has 150 valence electrons. The molecule has 6 nitrogen and oxygen atoms in total. The fourth-order valence-electron chi connectivity index (χ4n) is 2.44. The monoisotopic (exact) mass is 516 g/mol. The fourth-order valence-corrected chi connectivity index (χ4v) is 3.59. The topological polar surface area (TPSA) is 65.0 Å². The first kappa shape index (κ1) is 25.4. The Hall–Kier alpha value is -0.580. The van der Waals surface area contributed by atoms with E-state index in [1.54, 1.807) is 0 Å². The summed E-state index contributed by atoms with van der Waals surface area (Å²) in [6.45, 7) is 6.85. The van der Waals surface area contributed by atoms with Crippen molar-refractivity contribution in [3.8, 4) is 0 Å². The van der Waals surface area contributed by atoms with Crippen LogP contribution in [0.5, 0.6) is 0 Å². The van der Waals surface area contributed by atoms with Crippen molar-refractivity contribution in [3.63, 3.8) is 0 Å². The first-order chi connectivity index (χ1) is 11.8. The molecule has 0 heterocycles. The highest BCUT2D eigenvalue weighted by Gasteiger charge is 2.13. The van der Waals surface area contributed by atoms with Gasteiger partial charge < -0.3 is 10.2 Å². The van der Waals surface area contributed by atoms with E-state index < -0.39 is 10.0 Å². The van der Waals surface area contributed by atoms with Gasteiger partial charge in [0.2, 0.25) is 10.0 Å². The molecule has 0 aliphatic heterocycles. The summed E-state index contributed by atoms with van der Waals surface area (Å²) in [7, 11) is -1.17. The van der Waals surface area contributed by atoms with Gasteiger partial charge in [-0.3, -0.25) is 4.99 Å². The number of aliphatic imine (C=N–C) groups is 1. The van der Waals surface area contributed by atoms with Gasteiger partial charge in [0.15, 0.2) is 5.96 Å². The smallest absolute Gasteiger partial charge is 0.211 e. The number of hydrogen-bond donors (Lipinski definition) is 1. The molecule has 0 aliphatic rings. The summed E-state index contributed by atoms with van der Waals surface area (Å²) in [5.74, 6) is 0.796. The SMILES string of the molecule is CCNC(=NCCCN(CC)S(C)(=O)=O)N(C)Cc1cccc(Cl)c1.I. The quantitative estimate of drug-likeness (QED) is 0.237. The first-order valence-electron chi connectivity index (χ1n) is 8.47. The predicted molar refractivity (Wildman–Crippen MR) is 121 cm³/mol. The van der Waals surface area contributed by atoms with Crippen LogP contribution in [0.1, 0.15) is 25.8 Å². The second-order valence-corrected chi connectivity index (χ2v) is 8.25. The van der Waals surface area contributed by atoms with E-state index in [1.165, 1.54) is 10.6 Å². The molecule has 0 aromatic heterocycles. The second-order valence-electron chi connectivity index (χ2n) is 5.83. The van der Waals surface area contributed by atoms with Crippen LogP contribution in [0.4, 0.5) is 0 Å². The standard InChI is InChI=1S/C17H29ClN4O2S.HI/c1-5-19-17(20-11-8-12-22(6-2)25(4,23)24)21(3)14-15-9-7-10-16(18)13-15;/h7,9-10,13H,5-6,8,11-12,14H2,1-4H3,(H,19,20);1H. The van der Waals surface area contributed by atoms with Crippen LogP contribution in [0.2, 0.25) is 5.02 Å². The number of sulfonamides is 1. The number of hydrogen-bond acceptors (Lipinski definition) is 3. The molecule has 1 aromatic carbocycles. The van der Waals surface area contributed by atoms with E-state index >= 15 is 0 Å². The number of rotatable bonds is 9. The van der Waals surface area contributed by atoms with Crippen molar-refractivity contribution in [1.29, 1.82) is 0 Å². The van der Waals surface area contributed by atoms with Gasteiger partial charge >= 0.3 is 0 Å². The minimum Gasteiger partial charge on any atom is -0.357 e. The van der Waals surface area contributed by atoms with Crippen molar-refractivity contribution >= 4 is 51.6 Å². The van der Waals surface area contributed by atoms with Crippen LogP contribution in [0.15, 0.2) is 29.3 Å². The van der Waals surface area contributed by atoms with Crippen LogP contribution in [0.25, 0.3) is 0 Å². The average Bonchev–Trinajstić information content (AvgIpc) is 2.52. The van der Waals surface area contributed by atoms with Gasteiger partial charge in [0.05, 0.1) is 6.26 Å². The Morgan fingerprint density at radius 1 is 1.31 bits per heavy atom. The van der Waals surface area contributed by atoms with Crippen molar-refractivity contribution in [2.24, 2.45) is 4.99 Å². The van der Waals surface area contributed by atoms with Crippen molar-refractivity contribution in [2.45, 2.75) is 26.8 Å².